The lowest BCUT2D eigenvalue weighted by molar-refractivity contribution is 0.0210. The molecule has 0 radical (unpaired) electrons. The highest BCUT2D eigenvalue weighted by Crippen LogP contribution is 2.29. The molecule has 1 aliphatic rings. The number of hydrogen-bond donors (Lipinski definition) is 1. The Bertz CT molecular complexity index is 676. The van der Waals surface area contributed by atoms with Crippen molar-refractivity contribution >= 4 is 23.4 Å². The van der Waals surface area contributed by atoms with Crippen LogP contribution >= 0.6 is 0 Å². The number of anilines is 1. The number of nitrogens with zero attached hydrogens (tertiary/aromatic N) is 2. The van der Waals surface area contributed by atoms with Gasteiger partial charge in [0.05, 0.1) is 18.4 Å². The fraction of sp³-hybridized carbons (Fsp3) is 0.556. The van der Waals surface area contributed by atoms with Crippen molar-refractivity contribution in [3.05, 3.63) is 28.7 Å². The van der Waals surface area contributed by atoms with E-state index in [1.165, 1.54) is 13.2 Å². The molecule has 1 aromatic rings. The molecule has 1 aliphatic heterocycles. The monoisotopic (exact) mass is 363 g/mol. The molecule has 1 N–H and O–H groups in total. The van der Waals surface area contributed by atoms with Gasteiger partial charge in [-0.1, -0.05) is 0 Å². The summed E-state index contributed by atoms with van der Waals surface area (Å²) in [5, 5.41) is 6.26. The van der Waals surface area contributed by atoms with Crippen LogP contribution in [0.5, 0.6) is 0 Å². The molecule has 1 heterocycles. The molecular formula is C18H25N3O5. The van der Waals surface area contributed by atoms with E-state index in [2.05, 4.69) is 15.2 Å². The minimum Gasteiger partial charge on any atom is -0.465 e. The summed E-state index contributed by atoms with van der Waals surface area (Å²) in [6.07, 6.45) is 1.13. The highest BCUT2D eigenvalue weighted by Gasteiger charge is 2.27. The van der Waals surface area contributed by atoms with Crippen LogP contribution in [0.15, 0.2) is 23.4 Å². The second kappa shape index (κ2) is 8.16. The molecule has 0 spiro atoms. The molecule has 1 amide bonds. The van der Waals surface area contributed by atoms with Gasteiger partial charge in [-0.15, -0.1) is 4.91 Å². The van der Waals surface area contributed by atoms with Crippen LogP contribution in [0.4, 0.5) is 16.2 Å². The third-order valence-corrected chi connectivity index (χ3v) is 4.02. The predicted octanol–water partition coefficient (Wildman–Crippen LogP) is 3.68. The molecule has 8 nitrogen and oxygen atoms in total. The van der Waals surface area contributed by atoms with Crippen molar-refractivity contribution in [2.75, 3.05) is 25.5 Å². The molecule has 1 saturated heterocycles. The Hall–Kier alpha value is -2.64. The SMILES string of the molecule is COC(=O)c1ccc(NC2CCN(C(=O)OC(C)(C)C)CC2)c(N=O)c1. The Morgan fingerprint density at radius 3 is 2.42 bits per heavy atom. The molecule has 0 saturated carbocycles. The average molecular weight is 363 g/mol. The zero-order chi connectivity index (χ0) is 19.3. The first-order chi connectivity index (χ1) is 12.2. The van der Waals surface area contributed by atoms with E-state index in [0.29, 0.717) is 18.8 Å². The molecule has 142 valence electrons. The van der Waals surface area contributed by atoms with Gasteiger partial charge < -0.3 is 19.7 Å². The van der Waals surface area contributed by atoms with E-state index in [4.69, 9.17) is 4.74 Å². The van der Waals surface area contributed by atoms with Crippen molar-refractivity contribution in [1.29, 1.82) is 0 Å². The van der Waals surface area contributed by atoms with Gasteiger partial charge in [-0.3, -0.25) is 0 Å². The largest absolute Gasteiger partial charge is 0.465 e. The van der Waals surface area contributed by atoms with Crippen molar-refractivity contribution in [2.24, 2.45) is 5.18 Å². The topological polar surface area (TPSA) is 97.3 Å². The van der Waals surface area contributed by atoms with Crippen LogP contribution in [0.2, 0.25) is 0 Å². The van der Waals surface area contributed by atoms with Crippen LogP contribution in [0.3, 0.4) is 0 Å². The second-order valence-electron chi connectivity index (χ2n) is 7.20. The van der Waals surface area contributed by atoms with Gasteiger partial charge in [0, 0.05) is 19.1 Å². The van der Waals surface area contributed by atoms with Gasteiger partial charge in [0.1, 0.15) is 11.3 Å². The van der Waals surface area contributed by atoms with Crippen molar-refractivity contribution in [2.45, 2.75) is 45.3 Å². The van der Waals surface area contributed by atoms with Crippen molar-refractivity contribution in [3.8, 4) is 0 Å². The van der Waals surface area contributed by atoms with Gasteiger partial charge in [-0.25, -0.2) is 9.59 Å². The van der Waals surface area contributed by atoms with Crippen molar-refractivity contribution in [1.82, 2.24) is 4.90 Å². The lowest BCUT2D eigenvalue weighted by atomic mass is 10.0. The van der Waals surface area contributed by atoms with Gasteiger partial charge in [0.15, 0.2) is 0 Å². The van der Waals surface area contributed by atoms with Crippen LogP contribution in [-0.2, 0) is 9.47 Å². The molecule has 0 aromatic heterocycles. The third kappa shape index (κ3) is 5.18. The number of nitroso groups, excluding NO2 is 1. The van der Waals surface area contributed by atoms with Crippen molar-refractivity contribution < 1.29 is 19.1 Å². The molecule has 26 heavy (non-hydrogen) atoms. The number of hydrogen-bond acceptors (Lipinski definition) is 7. The fourth-order valence-electron chi connectivity index (χ4n) is 2.73. The summed E-state index contributed by atoms with van der Waals surface area (Å²) < 4.78 is 10.0. The molecule has 1 fully saturated rings. The smallest absolute Gasteiger partial charge is 0.410 e. The fourth-order valence-corrected chi connectivity index (χ4v) is 2.73. The summed E-state index contributed by atoms with van der Waals surface area (Å²) in [5.74, 6) is -0.521. The Labute approximate surface area is 152 Å². The highest BCUT2D eigenvalue weighted by atomic mass is 16.6. The number of carbonyl (C=O) groups is 2. The molecule has 0 unspecified atom stereocenters. The van der Waals surface area contributed by atoms with Crippen LogP contribution in [0, 0.1) is 4.91 Å². The average Bonchev–Trinajstić information content (AvgIpc) is 2.60. The normalized spacial score (nSPS) is 15.3. The Morgan fingerprint density at radius 1 is 1.23 bits per heavy atom. The summed E-state index contributed by atoms with van der Waals surface area (Å²) in [6, 6.07) is 4.72. The zero-order valence-electron chi connectivity index (χ0n) is 15.6. The van der Waals surface area contributed by atoms with Crippen LogP contribution in [0.1, 0.15) is 44.0 Å². The molecule has 0 bridgehead atoms. The first-order valence-corrected chi connectivity index (χ1v) is 8.53. The second-order valence-corrected chi connectivity index (χ2v) is 7.20. The number of piperidine rings is 1. The van der Waals surface area contributed by atoms with Gasteiger partial charge in [0.2, 0.25) is 0 Å². The highest BCUT2D eigenvalue weighted by molar-refractivity contribution is 5.91. The number of benzene rings is 1. The van der Waals surface area contributed by atoms with E-state index in [1.807, 2.05) is 20.8 Å². The quantitative estimate of drug-likeness (QED) is 0.647. The minimum absolute atomic E-state index is 0.0955. The first-order valence-electron chi connectivity index (χ1n) is 8.53. The number of likely N-dealkylation sites (tertiary alicyclic amines) is 1. The van der Waals surface area contributed by atoms with Crippen LogP contribution < -0.4 is 5.32 Å². The number of rotatable bonds is 4. The number of methoxy groups -OCH3 is 1. The summed E-state index contributed by atoms with van der Waals surface area (Å²) in [5.41, 5.74) is 0.469. The number of amides is 1. The lowest BCUT2D eigenvalue weighted by Gasteiger charge is -2.34. The van der Waals surface area contributed by atoms with E-state index < -0.39 is 11.6 Å². The van der Waals surface area contributed by atoms with E-state index in [0.717, 1.165) is 12.8 Å². The number of ether oxygens (including phenoxy) is 2. The number of esters is 1. The number of carbonyl (C=O) groups excluding carboxylic acids is 2. The summed E-state index contributed by atoms with van der Waals surface area (Å²) in [4.78, 5) is 36.4. The van der Waals surface area contributed by atoms with E-state index in [1.54, 1.807) is 17.0 Å². The molecular weight excluding hydrogens is 338 g/mol. The molecule has 1 aromatic carbocycles. The molecule has 8 heteroatoms. The van der Waals surface area contributed by atoms with Gasteiger partial charge >= 0.3 is 12.1 Å². The van der Waals surface area contributed by atoms with Crippen LogP contribution in [-0.4, -0.2) is 48.8 Å². The summed E-state index contributed by atoms with van der Waals surface area (Å²) >= 11 is 0. The molecule has 0 atom stereocenters. The lowest BCUT2D eigenvalue weighted by Crippen LogP contribution is -2.44. The standard InChI is InChI=1S/C18H25N3O5/c1-18(2,3)26-17(23)21-9-7-13(8-10-21)19-14-6-5-12(16(22)25-4)11-15(14)20-24/h5-6,11,13,19H,7-10H2,1-4H3. The Kier molecular flexibility index (Phi) is 6.18. The Morgan fingerprint density at radius 2 is 1.88 bits per heavy atom. The minimum atomic E-state index is -0.521. The van der Waals surface area contributed by atoms with Gasteiger partial charge in [-0.2, -0.15) is 0 Å². The maximum absolute atomic E-state index is 12.1. The number of nitrogens with one attached hydrogen (secondary N) is 1. The first kappa shape index (κ1) is 19.7. The third-order valence-electron chi connectivity index (χ3n) is 4.02. The molecule has 2 rings (SSSR count). The zero-order valence-corrected chi connectivity index (χ0v) is 15.6. The van der Waals surface area contributed by atoms with E-state index in [-0.39, 0.29) is 23.4 Å². The summed E-state index contributed by atoms with van der Waals surface area (Å²) in [6.45, 7) is 6.65. The predicted molar refractivity (Wildman–Crippen MR) is 97.7 cm³/mol. The van der Waals surface area contributed by atoms with E-state index in [9.17, 15) is 14.5 Å². The maximum atomic E-state index is 12.1. The van der Waals surface area contributed by atoms with Crippen LogP contribution in [0.25, 0.3) is 0 Å². The Balaban J connectivity index is 1.96. The molecule has 0 aliphatic carbocycles. The van der Waals surface area contributed by atoms with E-state index >= 15 is 0 Å². The van der Waals surface area contributed by atoms with Gasteiger partial charge in [0.25, 0.3) is 0 Å². The maximum Gasteiger partial charge on any atom is 0.410 e. The van der Waals surface area contributed by atoms with Crippen molar-refractivity contribution in [3.63, 3.8) is 0 Å². The van der Waals surface area contributed by atoms with Gasteiger partial charge in [-0.05, 0) is 57.0 Å². The summed E-state index contributed by atoms with van der Waals surface area (Å²) in [7, 11) is 1.28.